The van der Waals surface area contributed by atoms with Crippen LogP contribution < -0.4 is 10.3 Å². The Morgan fingerprint density at radius 1 is 1.17 bits per heavy atom. The van der Waals surface area contributed by atoms with Crippen molar-refractivity contribution in [3.8, 4) is 5.75 Å². The fraction of sp³-hybridized carbons (Fsp3) is 0.333. The molecule has 0 fully saturated rings. The van der Waals surface area contributed by atoms with Crippen molar-refractivity contribution in [2.75, 3.05) is 13.2 Å². The molecular weight excluding hydrogens is 374 g/mol. The minimum Gasteiger partial charge on any atom is -0.492 e. The molecule has 152 valence electrons. The first kappa shape index (κ1) is 20.5. The largest absolute Gasteiger partial charge is 0.492 e. The van der Waals surface area contributed by atoms with E-state index in [1.54, 1.807) is 62.4 Å². The Bertz CT molecular complexity index is 1050. The molecule has 0 spiro atoms. The van der Waals surface area contributed by atoms with Crippen LogP contribution in [-0.4, -0.2) is 44.9 Å². The number of carbonyl (C=O) groups is 1. The highest BCUT2D eigenvalue weighted by molar-refractivity contribution is 5.77. The molecule has 1 heterocycles. The summed E-state index contributed by atoms with van der Waals surface area (Å²) in [5.41, 5.74) is -0.0936. The monoisotopic (exact) mass is 397 g/mol. The van der Waals surface area contributed by atoms with Gasteiger partial charge in [0.1, 0.15) is 17.9 Å². The van der Waals surface area contributed by atoms with Gasteiger partial charge in [-0.2, -0.15) is 0 Å². The first-order valence-electron chi connectivity index (χ1n) is 9.34. The summed E-state index contributed by atoms with van der Waals surface area (Å²) >= 11 is 0. The summed E-state index contributed by atoms with van der Waals surface area (Å²) in [6.45, 7) is 4.16. The van der Waals surface area contributed by atoms with Gasteiger partial charge in [0.05, 0.1) is 11.9 Å². The number of carboxylic acids is 1. The molecule has 29 heavy (non-hydrogen) atoms. The maximum atomic E-state index is 12.4. The number of fused-ring (bicyclic) bond motifs is 1. The molecule has 1 atom stereocenters. The van der Waals surface area contributed by atoms with Crippen molar-refractivity contribution >= 4 is 16.9 Å². The van der Waals surface area contributed by atoms with E-state index >= 15 is 0 Å². The molecule has 3 rings (SSSR count). The molecule has 0 bridgehead atoms. The maximum absolute atomic E-state index is 12.4. The van der Waals surface area contributed by atoms with Gasteiger partial charge >= 0.3 is 5.97 Å². The molecule has 2 aromatic carbocycles. The van der Waals surface area contributed by atoms with Crippen LogP contribution >= 0.6 is 0 Å². The minimum atomic E-state index is -1.27. The normalized spacial score (nSPS) is 13.2. The molecule has 0 radical (unpaired) electrons. The molecule has 0 saturated heterocycles. The predicted molar refractivity (Wildman–Crippen MR) is 107 cm³/mol. The second kappa shape index (κ2) is 8.83. The highest BCUT2D eigenvalue weighted by Crippen LogP contribution is 2.20. The number of carboxylic acid groups (broad SMARTS) is 1. The van der Waals surface area contributed by atoms with Gasteiger partial charge in [-0.1, -0.05) is 29.5 Å². The Morgan fingerprint density at radius 2 is 1.90 bits per heavy atom. The number of aromatic nitrogens is 3. The van der Waals surface area contributed by atoms with Crippen molar-refractivity contribution in [2.45, 2.75) is 32.4 Å². The Hall–Kier alpha value is -3.26. The third-order valence-electron chi connectivity index (χ3n) is 4.58. The van der Waals surface area contributed by atoms with Crippen LogP contribution in [-0.2, 0) is 22.5 Å². The Kier molecular flexibility index (Phi) is 6.23. The van der Waals surface area contributed by atoms with Crippen molar-refractivity contribution in [1.82, 2.24) is 15.0 Å². The molecular formula is C21H23N3O5. The van der Waals surface area contributed by atoms with Crippen LogP contribution in [0.15, 0.2) is 53.3 Å². The van der Waals surface area contributed by atoms with Gasteiger partial charge in [0.15, 0.2) is 5.60 Å². The lowest BCUT2D eigenvalue weighted by atomic mass is 9.96. The number of hydrogen-bond acceptors (Lipinski definition) is 6. The third-order valence-corrected chi connectivity index (χ3v) is 4.58. The number of hydrogen-bond donors (Lipinski definition) is 1. The minimum absolute atomic E-state index is 0.210. The van der Waals surface area contributed by atoms with Gasteiger partial charge < -0.3 is 14.6 Å². The van der Waals surface area contributed by atoms with Gasteiger partial charge in [0.25, 0.3) is 5.56 Å². The summed E-state index contributed by atoms with van der Waals surface area (Å²) in [5, 5.41) is 17.9. The van der Waals surface area contributed by atoms with E-state index in [1.165, 1.54) is 4.68 Å². The molecule has 1 aromatic heterocycles. The number of nitrogens with zero attached hydrogens (tertiary/aromatic N) is 3. The Morgan fingerprint density at radius 3 is 2.59 bits per heavy atom. The zero-order valence-electron chi connectivity index (χ0n) is 16.4. The van der Waals surface area contributed by atoms with Crippen LogP contribution in [0, 0.1) is 0 Å². The van der Waals surface area contributed by atoms with Crippen molar-refractivity contribution in [3.63, 3.8) is 0 Å². The van der Waals surface area contributed by atoms with Crippen molar-refractivity contribution < 1.29 is 19.4 Å². The van der Waals surface area contributed by atoms with E-state index in [4.69, 9.17) is 9.47 Å². The summed E-state index contributed by atoms with van der Waals surface area (Å²) in [7, 11) is 0. The summed E-state index contributed by atoms with van der Waals surface area (Å²) in [6, 6.07) is 14.2. The number of benzene rings is 2. The average molecular weight is 397 g/mol. The molecule has 0 aliphatic rings. The van der Waals surface area contributed by atoms with Gasteiger partial charge in [0.2, 0.25) is 0 Å². The van der Waals surface area contributed by atoms with Crippen LogP contribution in [0.3, 0.4) is 0 Å². The van der Waals surface area contributed by atoms with Gasteiger partial charge in [-0.25, -0.2) is 9.48 Å². The third kappa shape index (κ3) is 4.78. The van der Waals surface area contributed by atoms with Crippen LogP contribution in [0.25, 0.3) is 10.9 Å². The molecule has 0 aliphatic carbocycles. The van der Waals surface area contributed by atoms with Gasteiger partial charge in [0, 0.05) is 13.0 Å². The fourth-order valence-electron chi connectivity index (χ4n) is 3.02. The number of aliphatic carboxylic acids is 1. The van der Waals surface area contributed by atoms with E-state index in [2.05, 4.69) is 10.3 Å². The zero-order valence-corrected chi connectivity index (χ0v) is 16.4. The standard InChI is InChI=1S/C21H23N3O5/c1-3-29-21(2,20(26)27)14-15-8-10-16(11-9-15)28-13-12-24-19(25)17-6-4-5-7-18(17)22-23-24/h4-11H,3,12-14H2,1-2H3,(H,26,27). The fourth-order valence-corrected chi connectivity index (χ4v) is 3.02. The molecule has 3 aromatic rings. The first-order valence-corrected chi connectivity index (χ1v) is 9.34. The van der Waals surface area contributed by atoms with E-state index in [-0.39, 0.29) is 25.1 Å². The van der Waals surface area contributed by atoms with Crippen LogP contribution in [0.5, 0.6) is 5.75 Å². The second-order valence-electron chi connectivity index (χ2n) is 6.77. The zero-order chi connectivity index (χ0) is 20.9. The lowest BCUT2D eigenvalue weighted by Gasteiger charge is -2.24. The molecule has 1 N–H and O–H groups in total. The van der Waals surface area contributed by atoms with Crippen LogP contribution in [0.4, 0.5) is 0 Å². The molecule has 1 unspecified atom stereocenters. The predicted octanol–water partition coefficient (Wildman–Crippen LogP) is 2.29. The average Bonchev–Trinajstić information content (AvgIpc) is 2.71. The maximum Gasteiger partial charge on any atom is 0.336 e. The smallest absolute Gasteiger partial charge is 0.336 e. The van der Waals surface area contributed by atoms with Crippen LogP contribution in [0.1, 0.15) is 19.4 Å². The van der Waals surface area contributed by atoms with Crippen LogP contribution in [0.2, 0.25) is 0 Å². The van der Waals surface area contributed by atoms with E-state index in [9.17, 15) is 14.7 Å². The van der Waals surface area contributed by atoms with E-state index in [1.807, 2.05) is 0 Å². The topological polar surface area (TPSA) is 104 Å². The molecule has 0 amide bonds. The van der Waals surface area contributed by atoms with Gasteiger partial charge in [-0.15, -0.1) is 5.10 Å². The van der Waals surface area contributed by atoms with Crippen molar-refractivity contribution in [2.24, 2.45) is 0 Å². The second-order valence-corrected chi connectivity index (χ2v) is 6.77. The molecule has 0 saturated carbocycles. The summed E-state index contributed by atoms with van der Waals surface area (Å²) in [6.07, 6.45) is 0.249. The highest BCUT2D eigenvalue weighted by Gasteiger charge is 2.33. The quantitative estimate of drug-likeness (QED) is 0.591. The SMILES string of the molecule is CCOC(C)(Cc1ccc(OCCn2nnc3ccccc3c2=O)cc1)C(=O)O. The number of rotatable bonds is 9. The number of ether oxygens (including phenoxy) is 2. The Balaban J connectivity index is 1.60. The first-order chi connectivity index (χ1) is 13.9. The van der Waals surface area contributed by atoms with Crippen molar-refractivity contribution in [3.05, 3.63) is 64.4 Å². The summed E-state index contributed by atoms with van der Waals surface area (Å²) in [4.78, 5) is 23.9. The van der Waals surface area contributed by atoms with Gasteiger partial charge in [-0.05, 0) is 43.7 Å². The summed E-state index contributed by atoms with van der Waals surface area (Å²) < 4.78 is 12.4. The molecule has 8 heteroatoms. The highest BCUT2D eigenvalue weighted by atomic mass is 16.5. The van der Waals surface area contributed by atoms with Crippen molar-refractivity contribution in [1.29, 1.82) is 0 Å². The Labute approximate surface area is 167 Å². The van der Waals surface area contributed by atoms with Gasteiger partial charge in [-0.3, -0.25) is 4.79 Å². The van der Waals surface area contributed by atoms with E-state index < -0.39 is 11.6 Å². The molecule has 0 aliphatic heterocycles. The summed E-state index contributed by atoms with van der Waals surface area (Å²) in [5.74, 6) is -0.384. The lowest BCUT2D eigenvalue weighted by molar-refractivity contribution is -0.162. The van der Waals surface area contributed by atoms with E-state index in [0.29, 0.717) is 23.3 Å². The lowest BCUT2D eigenvalue weighted by Crippen LogP contribution is -2.40. The molecule has 8 nitrogen and oxygen atoms in total. The van der Waals surface area contributed by atoms with E-state index in [0.717, 1.165) is 5.56 Å².